The molecule has 3 rings (SSSR count). The number of aromatic nitrogens is 2. The highest BCUT2D eigenvalue weighted by Gasteiger charge is 2.17. The molecule has 112 valence electrons. The van der Waals surface area contributed by atoms with Gasteiger partial charge in [-0.3, -0.25) is 9.20 Å². The summed E-state index contributed by atoms with van der Waals surface area (Å²) in [5.41, 5.74) is 3.77. The predicted octanol–water partition coefficient (Wildman–Crippen LogP) is 4.73. The van der Waals surface area contributed by atoms with Gasteiger partial charge < -0.3 is 5.32 Å². The van der Waals surface area contributed by atoms with Gasteiger partial charge in [0.2, 0.25) is 0 Å². The standard InChI is InChI=1S/C16H13Br2N3O/c1-9-7-11(17)3-5-13(9)20-16(22)15-10(2)19-14-6-4-12(18)8-21(14)15/h3-8H,1-2H3,(H,20,22). The van der Waals surface area contributed by atoms with Crippen LogP contribution in [0.1, 0.15) is 21.7 Å². The van der Waals surface area contributed by atoms with Crippen molar-refractivity contribution in [2.24, 2.45) is 0 Å². The molecule has 0 aliphatic heterocycles. The quantitative estimate of drug-likeness (QED) is 0.648. The minimum atomic E-state index is -0.173. The molecule has 2 heterocycles. The molecule has 0 atom stereocenters. The number of hydrogen-bond acceptors (Lipinski definition) is 2. The van der Waals surface area contributed by atoms with Gasteiger partial charge in [-0.25, -0.2) is 4.98 Å². The Labute approximate surface area is 144 Å². The molecule has 0 saturated carbocycles. The topological polar surface area (TPSA) is 46.4 Å². The van der Waals surface area contributed by atoms with Crippen molar-refractivity contribution in [2.45, 2.75) is 13.8 Å². The lowest BCUT2D eigenvalue weighted by atomic mass is 10.2. The minimum absolute atomic E-state index is 0.173. The number of carbonyl (C=O) groups is 1. The number of hydrogen-bond donors (Lipinski definition) is 1. The molecule has 1 N–H and O–H groups in total. The average molecular weight is 423 g/mol. The summed E-state index contributed by atoms with van der Waals surface area (Å²) in [6.45, 7) is 3.79. The molecule has 4 nitrogen and oxygen atoms in total. The fraction of sp³-hybridized carbons (Fsp3) is 0.125. The second-order valence-electron chi connectivity index (χ2n) is 5.03. The number of anilines is 1. The number of rotatable bonds is 2. The van der Waals surface area contributed by atoms with Gasteiger partial charge in [-0.2, -0.15) is 0 Å². The van der Waals surface area contributed by atoms with Gasteiger partial charge in [0.05, 0.1) is 5.69 Å². The van der Waals surface area contributed by atoms with Crippen LogP contribution >= 0.6 is 31.9 Å². The van der Waals surface area contributed by atoms with Crippen molar-refractivity contribution >= 4 is 49.1 Å². The second kappa shape index (κ2) is 5.85. The zero-order chi connectivity index (χ0) is 15.9. The van der Waals surface area contributed by atoms with E-state index in [2.05, 4.69) is 42.2 Å². The molecule has 3 aromatic rings. The number of fused-ring (bicyclic) bond motifs is 1. The molecule has 0 aliphatic rings. The zero-order valence-electron chi connectivity index (χ0n) is 12.0. The summed E-state index contributed by atoms with van der Waals surface area (Å²) in [4.78, 5) is 17.1. The van der Waals surface area contributed by atoms with Crippen LogP contribution in [-0.4, -0.2) is 15.3 Å². The van der Waals surface area contributed by atoms with Crippen LogP contribution in [0.2, 0.25) is 0 Å². The van der Waals surface area contributed by atoms with Crippen molar-refractivity contribution < 1.29 is 4.79 Å². The van der Waals surface area contributed by atoms with Crippen molar-refractivity contribution in [3.8, 4) is 0 Å². The van der Waals surface area contributed by atoms with Crippen LogP contribution in [0.25, 0.3) is 5.65 Å². The molecular weight excluding hydrogens is 410 g/mol. The Morgan fingerprint density at radius 1 is 1.14 bits per heavy atom. The maximum Gasteiger partial charge on any atom is 0.274 e. The molecular formula is C16H13Br2N3O. The molecule has 1 amide bonds. The number of carbonyl (C=O) groups excluding carboxylic acids is 1. The number of amides is 1. The van der Waals surface area contributed by atoms with Crippen molar-refractivity contribution in [3.05, 3.63) is 62.4 Å². The van der Waals surface area contributed by atoms with Crippen LogP contribution in [0.15, 0.2) is 45.5 Å². The number of halogens is 2. The van der Waals surface area contributed by atoms with Crippen molar-refractivity contribution in [2.75, 3.05) is 5.32 Å². The van der Waals surface area contributed by atoms with Gasteiger partial charge in [-0.1, -0.05) is 15.9 Å². The molecule has 2 aromatic heterocycles. The van der Waals surface area contributed by atoms with E-state index >= 15 is 0 Å². The van der Waals surface area contributed by atoms with E-state index in [1.807, 2.05) is 50.4 Å². The number of pyridine rings is 1. The van der Waals surface area contributed by atoms with E-state index in [0.29, 0.717) is 11.4 Å². The predicted molar refractivity (Wildman–Crippen MR) is 94.5 cm³/mol. The highest BCUT2D eigenvalue weighted by Crippen LogP contribution is 2.22. The monoisotopic (exact) mass is 421 g/mol. The van der Waals surface area contributed by atoms with Gasteiger partial charge in [0.1, 0.15) is 11.3 Å². The maximum atomic E-state index is 12.7. The summed E-state index contributed by atoms with van der Waals surface area (Å²) in [6.07, 6.45) is 1.85. The smallest absolute Gasteiger partial charge is 0.274 e. The highest BCUT2D eigenvalue weighted by molar-refractivity contribution is 9.10. The van der Waals surface area contributed by atoms with E-state index in [9.17, 15) is 4.79 Å². The number of nitrogens with zero attached hydrogens (tertiary/aromatic N) is 2. The molecule has 1 aromatic carbocycles. The summed E-state index contributed by atoms with van der Waals surface area (Å²) in [5, 5.41) is 2.96. The third kappa shape index (κ3) is 2.80. The largest absolute Gasteiger partial charge is 0.320 e. The van der Waals surface area contributed by atoms with E-state index in [-0.39, 0.29) is 5.91 Å². The average Bonchev–Trinajstić information content (AvgIpc) is 2.77. The number of benzene rings is 1. The second-order valence-corrected chi connectivity index (χ2v) is 6.87. The number of nitrogens with one attached hydrogen (secondary N) is 1. The van der Waals surface area contributed by atoms with Crippen LogP contribution < -0.4 is 5.32 Å². The van der Waals surface area contributed by atoms with Gasteiger partial charge in [0.15, 0.2) is 0 Å². The Bertz CT molecular complexity index is 886. The van der Waals surface area contributed by atoms with E-state index < -0.39 is 0 Å². The van der Waals surface area contributed by atoms with Crippen LogP contribution in [0.3, 0.4) is 0 Å². The molecule has 0 spiro atoms. The van der Waals surface area contributed by atoms with Crippen molar-refractivity contribution in [1.29, 1.82) is 0 Å². The fourth-order valence-electron chi connectivity index (χ4n) is 2.36. The Balaban J connectivity index is 2.02. The van der Waals surface area contributed by atoms with Crippen molar-refractivity contribution in [1.82, 2.24) is 9.38 Å². The first kappa shape index (κ1) is 15.2. The van der Waals surface area contributed by atoms with Gasteiger partial charge in [-0.05, 0) is 65.7 Å². The molecule has 6 heteroatoms. The Morgan fingerprint density at radius 2 is 1.86 bits per heavy atom. The lowest BCUT2D eigenvalue weighted by Crippen LogP contribution is -2.16. The molecule has 0 aliphatic carbocycles. The first-order valence-corrected chi connectivity index (χ1v) is 8.26. The zero-order valence-corrected chi connectivity index (χ0v) is 15.2. The third-order valence-electron chi connectivity index (χ3n) is 3.41. The molecule has 0 fully saturated rings. The van der Waals surface area contributed by atoms with E-state index in [1.165, 1.54) is 0 Å². The molecule has 0 saturated heterocycles. The van der Waals surface area contributed by atoms with Crippen LogP contribution in [0, 0.1) is 13.8 Å². The van der Waals surface area contributed by atoms with E-state index in [4.69, 9.17) is 0 Å². The van der Waals surface area contributed by atoms with Crippen molar-refractivity contribution in [3.63, 3.8) is 0 Å². The third-order valence-corrected chi connectivity index (χ3v) is 4.37. The lowest BCUT2D eigenvalue weighted by Gasteiger charge is -2.09. The summed E-state index contributed by atoms with van der Waals surface area (Å²) in [5.74, 6) is -0.173. The van der Waals surface area contributed by atoms with E-state index in [0.717, 1.165) is 25.8 Å². The molecule has 0 radical (unpaired) electrons. The highest BCUT2D eigenvalue weighted by atomic mass is 79.9. The lowest BCUT2D eigenvalue weighted by molar-refractivity contribution is 0.102. The van der Waals surface area contributed by atoms with E-state index in [1.54, 1.807) is 4.40 Å². The summed E-state index contributed by atoms with van der Waals surface area (Å²) in [7, 11) is 0. The van der Waals surface area contributed by atoms with Gasteiger partial charge in [0.25, 0.3) is 5.91 Å². The fourth-order valence-corrected chi connectivity index (χ4v) is 3.17. The van der Waals surface area contributed by atoms with Gasteiger partial charge in [-0.15, -0.1) is 0 Å². The number of aryl methyl sites for hydroxylation is 2. The molecule has 0 bridgehead atoms. The number of imidazole rings is 1. The SMILES string of the molecule is Cc1cc(Br)ccc1NC(=O)c1c(C)nc2ccc(Br)cn12. The summed E-state index contributed by atoms with van der Waals surface area (Å²) < 4.78 is 3.67. The van der Waals surface area contributed by atoms with Gasteiger partial charge in [0, 0.05) is 20.8 Å². The minimum Gasteiger partial charge on any atom is -0.320 e. The first-order chi connectivity index (χ1) is 10.5. The Kier molecular flexibility index (Phi) is 4.06. The van der Waals surface area contributed by atoms with Crippen LogP contribution in [0.5, 0.6) is 0 Å². The summed E-state index contributed by atoms with van der Waals surface area (Å²) in [6, 6.07) is 9.53. The maximum absolute atomic E-state index is 12.7. The molecule has 0 unspecified atom stereocenters. The molecule has 22 heavy (non-hydrogen) atoms. The first-order valence-electron chi connectivity index (χ1n) is 6.67. The Morgan fingerprint density at radius 3 is 2.59 bits per heavy atom. The van der Waals surface area contributed by atoms with Gasteiger partial charge >= 0.3 is 0 Å². The summed E-state index contributed by atoms with van der Waals surface area (Å²) >= 11 is 6.85. The van der Waals surface area contributed by atoms with Crippen LogP contribution in [-0.2, 0) is 0 Å². The normalized spacial score (nSPS) is 10.9. The van der Waals surface area contributed by atoms with Crippen LogP contribution in [0.4, 0.5) is 5.69 Å². The Hall–Kier alpha value is -1.66.